The highest BCUT2D eigenvalue weighted by Crippen LogP contribution is 2.32. The van der Waals surface area contributed by atoms with Crippen LogP contribution in [0.2, 0.25) is 0 Å². The zero-order valence-corrected chi connectivity index (χ0v) is 17.0. The molecule has 1 aromatic heterocycles. The Kier molecular flexibility index (Phi) is 5.99. The molecular formula is C24H23NO5. The number of carboxylic acid groups (broad SMARTS) is 1. The second kappa shape index (κ2) is 8.47. The maximum Gasteiger partial charge on any atom is 0.335 e. The SMILES string of the molecule is Cc1c(C=CC(=O)C(C)(C)O)nc2ccc(C(=O)O)cc2c1OCc1ccccc1. The van der Waals surface area contributed by atoms with E-state index in [4.69, 9.17) is 4.74 Å². The van der Waals surface area contributed by atoms with E-state index >= 15 is 0 Å². The van der Waals surface area contributed by atoms with E-state index in [1.165, 1.54) is 38.1 Å². The summed E-state index contributed by atoms with van der Waals surface area (Å²) < 4.78 is 6.08. The van der Waals surface area contributed by atoms with Gasteiger partial charge in [0, 0.05) is 10.9 Å². The molecule has 0 spiro atoms. The largest absolute Gasteiger partial charge is 0.488 e. The molecule has 0 aliphatic carbocycles. The van der Waals surface area contributed by atoms with E-state index in [9.17, 15) is 19.8 Å². The Bertz CT molecular complexity index is 1130. The molecule has 30 heavy (non-hydrogen) atoms. The number of hydrogen-bond donors (Lipinski definition) is 2. The van der Waals surface area contributed by atoms with E-state index in [2.05, 4.69) is 4.98 Å². The van der Waals surface area contributed by atoms with Crippen molar-refractivity contribution < 1.29 is 24.5 Å². The fraction of sp³-hybridized carbons (Fsp3) is 0.208. The summed E-state index contributed by atoms with van der Waals surface area (Å²) in [6.07, 6.45) is 2.82. The van der Waals surface area contributed by atoms with Crippen molar-refractivity contribution in [1.29, 1.82) is 0 Å². The van der Waals surface area contributed by atoms with Crippen molar-refractivity contribution in [1.82, 2.24) is 4.98 Å². The number of aliphatic hydroxyl groups is 1. The molecule has 154 valence electrons. The molecule has 0 radical (unpaired) electrons. The Labute approximate surface area is 174 Å². The number of carbonyl (C=O) groups is 2. The predicted molar refractivity (Wildman–Crippen MR) is 115 cm³/mol. The summed E-state index contributed by atoms with van der Waals surface area (Å²) in [6, 6.07) is 14.2. The number of fused-ring (bicyclic) bond motifs is 1. The Morgan fingerprint density at radius 3 is 2.47 bits per heavy atom. The smallest absolute Gasteiger partial charge is 0.335 e. The monoisotopic (exact) mass is 405 g/mol. The lowest BCUT2D eigenvalue weighted by atomic mass is 10.0. The van der Waals surface area contributed by atoms with Gasteiger partial charge in [0.1, 0.15) is 18.0 Å². The number of ether oxygens (including phenoxy) is 1. The first-order chi connectivity index (χ1) is 14.2. The van der Waals surface area contributed by atoms with Gasteiger partial charge in [-0.1, -0.05) is 30.3 Å². The molecule has 0 atom stereocenters. The highest BCUT2D eigenvalue weighted by atomic mass is 16.5. The second-order valence-corrected chi connectivity index (χ2v) is 7.52. The number of nitrogens with zero attached hydrogens (tertiary/aromatic N) is 1. The summed E-state index contributed by atoms with van der Waals surface area (Å²) in [5, 5.41) is 19.8. The van der Waals surface area contributed by atoms with Crippen molar-refractivity contribution in [2.45, 2.75) is 33.0 Å². The number of aromatic nitrogens is 1. The molecule has 0 unspecified atom stereocenters. The van der Waals surface area contributed by atoms with Gasteiger partial charge < -0.3 is 14.9 Å². The molecule has 0 bridgehead atoms. The van der Waals surface area contributed by atoms with Gasteiger partial charge in [0.2, 0.25) is 0 Å². The average Bonchev–Trinajstić information content (AvgIpc) is 2.71. The fourth-order valence-electron chi connectivity index (χ4n) is 2.92. The number of rotatable bonds is 7. The molecule has 3 rings (SSSR count). The normalized spacial score (nSPS) is 11.7. The van der Waals surface area contributed by atoms with Gasteiger partial charge in [-0.15, -0.1) is 0 Å². The lowest BCUT2D eigenvalue weighted by Crippen LogP contribution is -2.29. The van der Waals surface area contributed by atoms with Crippen LogP contribution in [0.1, 0.15) is 41.0 Å². The minimum absolute atomic E-state index is 0.133. The maximum atomic E-state index is 12.1. The van der Waals surface area contributed by atoms with Gasteiger partial charge >= 0.3 is 5.97 Å². The molecule has 0 aliphatic rings. The summed E-state index contributed by atoms with van der Waals surface area (Å²) in [5.41, 5.74) is 1.33. The predicted octanol–water partition coefficient (Wildman–Crippen LogP) is 4.17. The third-order valence-electron chi connectivity index (χ3n) is 4.68. The molecule has 3 aromatic rings. The van der Waals surface area contributed by atoms with Crippen LogP contribution in [-0.2, 0) is 11.4 Å². The quantitative estimate of drug-likeness (QED) is 0.573. The van der Waals surface area contributed by atoms with Crippen molar-refractivity contribution in [2.24, 2.45) is 0 Å². The fourth-order valence-corrected chi connectivity index (χ4v) is 2.92. The molecular weight excluding hydrogens is 382 g/mol. The van der Waals surface area contributed by atoms with Crippen LogP contribution < -0.4 is 4.74 Å². The minimum Gasteiger partial charge on any atom is -0.488 e. The standard InChI is InChI=1S/C24H23NO5/c1-15-19(11-12-21(26)24(2,3)29)25-20-10-9-17(23(27)28)13-18(20)22(15)30-14-16-7-5-4-6-8-16/h4-13,29H,14H2,1-3H3,(H,27,28). The van der Waals surface area contributed by atoms with Gasteiger partial charge in [0.15, 0.2) is 5.78 Å². The third kappa shape index (κ3) is 4.72. The number of benzene rings is 2. The van der Waals surface area contributed by atoms with E-state index in [-0.39, 0.29) is 5.56 Å². The highest BCUT2D eigenvalue weighted by molar-refractivity contribution is 6.00. The number of carboxylic acids is 1. The van der Waals surface area contributed by atoms with Crippen molar-refractivity contribution in [3.05, 3.63) is 77.0 Å². The van der Waals surface area contributed by atoms with Gasteiger partial charge in [-0.2, -0.15) is 0 Å². The molecule has 0 saturated heterocycles. The number of aromatic carboxylic acids is 1. The summed E-state index contributed by atoms with van der Waals surface area (Å²) in [6.45, 7) is 4.93. The Hall–Kier alpha value is -3.51. The zero-order valence-electron chi connectivity index (χ0n) is 17.0. The summed E-state index contributed by atoms with van der Waals surface area (Å²) in [4.78, 5) is 28.0. The van der Waals surface area contributed by atoms with Gasteiger partial charge in [-0.3, -0.25) is 4.79 Å². The van der Waals surface area contributed by atoms with Crippen LogP contribution in [0, 0.1) is 6.92 Å². The average molecular weight is 405 g/mol. The first kappa shape index (κ1) is 21.2. The Morgan fingerprint density at radius 2 is 1.83 bits per heavy atom. The summed E-state index contributed by atoms with van der Waals surface area (Å²) >= 11 is 0. The van der Waals surface area contributed by atoms with Gasteiger partial charge in [0.25, 0.3) is 0 Å². The van der Waals surface area contributed by atoms with E-state index in [1.54, 1.807) is 13.0 Å². The molecule has 0 fully saturated rings. The van der Waals surface area contributed by atoms with Crippen molar-refractivity contribution >= 4 is 28.7 Å². The first-order valence-electron chi connectivity index (χ1n) is 9.46. The van der Waals surface area contributed by atoms with Gasteiger partial charge in [-0.05, 0) is 56.7 Å². The van der Waals surface area contributed by atoms with E-state index in [0.717, 1.165) is 5.56 Å². The molecule has 0 amide bonds. The van der Waals surface area contributed by atoms with Gasteiger partial charge in [-0.25, -0.2) is 9.78 Å². The van der Waals surface area contributed by atoms with E-state index in [0.29, 0.717) is 34.5 Å². The molecule has 0 aliphatic heterocycles. The van der Waals surface area contributed by atoms with Crippen LogP contribution >= 0.6 is 0 Å². The number of carbonyl (C=O) groups excluding carboxylic acids is 1. The molecule has 6 heteroatoms. The molecule has 0 saturated carbocycles. The minimum atomic E-state index is -1.48. The van der Waals surface area contributed by atoms with Crippen molar-refractivity contribution in [2.75, 3.05) is 0 Å². The van der Waals surface area contributed by atoms with Crippen molar-refractivity contribution in [3.8, 4) is 5.75 Å². The zero-order chi connectivity index (χ0) is 21.9. The molecule has 6 nitrogen and oxygen atoms in total. The van der Waals surface area contributed by atoms with Crippen LogP contribution in [-0.4, -0.2) is 32.6 Å². The van der Waals surface area contributed by atoms with Crippen molar-refractivity contribution in [3.63, 3.8) is 0 Å². The second-order valence-electron chi connectivity index (χ2n) is 7.52. The molecule has 2 N–H and O–H groups in total. The van der Waals surface area contributed by atoms with E-state index in [1.807, 2.05) is 30.3 Å². The molecule has 1 heterocycles. The lowest BCUT2D eigenvalue weighted by Gasteiger charge is -2.15. The summed E-state index contributed by atoms with van der Waals surface area (Å²) in [5.74, 6) is -0.984. The first-order valence-corrected chi connectivity index (χ1v) is 9.46. The lowest BCUT2D eigenvalue weighted by molar-refractivity contribution is -0.128. The van der Waals surface area contributed by atoms with Crippen LogP contribution in [0.5, 0.6) is 5.75 Å². The number of pyridine rings is 1. The van der Waals surface area contributed by atoms with Crippen LogP contribution in [0.3, 0.4) is 0 Å². The Balaban J connectivity index is 2.09. The van der Waals surface area contributed by atoms with Crippen LogP contribution in [0.25, 0.3) is 17.0 Å². The maximum absolute atomic E-state index is 12.1. The summed E-state index contributed by atoms with van der Waals surface area (Å²) in [7, 11) is 0. The Morgan fingerprint density at radius 1 is 1.13 bits per heavy atom. The molecule has 2 aromatic carbocycles. The van der Waals surface area contributed by atoms with Gasteiger partial charge in [0.05, 0.1) is 16.8 Å². The third-order valence-corrected chi connectivity index (χ3v) is 4.68. The topological polar surface area (TPSA) is 96.7 Å². The van der Waals surface area contributed by atoms with E-state index < -0.39 is 17.4 Å². The number of ketones is 1. The highest BCUT2D eigenvalue weighted by Gasteiger charge is 2.21. The van der Waals surface area contributed by atoms with Crippen LogP contribution in [0.4, 0.5) is 0 Å². The number of hydrogen-bond acceptors (Lipinski definition) is 5. The van der Waals surface area contributed by atoms with Crippen LogP contribution in [0.15, 0.2) is 54.6 Å².